The molecule has 2 aromatic carbocycles. The summed E-state index contributed by atoms with van der Waals surface area (Å²) < 4.78 is 32.4. The van der Waals surface area contributed by atoms with E-state index in [2.05, 4.69) is 10.6 Å². The number of hydrogen-bond donors (Lipinski definition) is 2. The molecule has 1 spiro atoms. The molecule has 4 rings (SSSR count). The van der Waals surface area contributed by atoms with Crippen LogP contribution in [0.4, 0.5) is 19.3 Å². The van der Waals surface area contributed by atoms with Crippen LogP contribution in [0.3, 0.4) is 0 Å². The summed E-state index contributed by atoms with van der Waals surface area (Å²) in [6.45, 7) is 1.96. The lowest BCUT2D eigenvalue weighted by Crippen LogP contribution is -2.42. The Morgan fingerprint density at radius 1 is 1.06 bits per heavy atom. The molecule has 0 bridgehead atoms. The minimum absolute atomic E-state index is 0.198. The van der Waals surface area contributed by atoms with Gasteiger partial charge >= 0.3 is 6.03 Å². The lowest BCUT2D eigenvalue weighted by molar-refractivity contribution is -0.124. The third kappa shape index (κ3) is 4.85. The first-order valence-electron chi connectivity index (χ1n) is 10.4. The maximum absolute atomic E-state index is 13.5. The number of ether oxygens (including phenoxy) is 1. The number of rotatable bonds is 4. The van der Waals surface area contributed by atoms with Crippen molar-refractivity contribution in [3.05, 3.63) is 65.7 Å². The summed E-state index contributed by atoms with van der Waals surface area (Å²) in [5.74, 6) is -1.45. The molecule has 6 nitrogen and oxygen atoms in total. The van der Waals surface area contributed by atoms with Crippen LogP contribution in [-0.4, -0.2) is 43.1 Å². The van der Waals surface area contributed by atoms with Gasteiger partial charge in [-0.2, -0.15) is 0 Å². The molecule has 2 N–H and O–H groups in total. The van der Waals surface area contributed by atoms with Gasteiger partial charge in [0, 0.05) is 44.0 Å². The van der Waals surface area contributed by atoms with E-state index in [0.29, 0.717) is 43.9 Å². The number of benzene rings is 2. The molecule has 31 heavy (non-hydrogen) atoms. The SMILES string of the molecule is O=C(Nc1cccc(F)c1)C1CN(C(=O)NCc2cccc(F)c2)CC12CCOCC2. The molecular formula is C23H25F2N3O3. The monoisotopic (exact) mass is 429 g/mol. The first-order valence-corrected chi connectivity index (χ1v) is 10.4. The topological polar surface area (TPSA) is 70.7 Å². The summed E-state index contributed by atoms with van der Waals surface area (Å²) in [5.41, 5.74) is 0.668. The van der Waals surface area contributed by atoms with Crippen LogP contribution in [0.2, 0.25) is 0 Å². The standard InChI is InChI=1S/C23H25F2N3O3/c24-17-4-1-3-16(11-17)13-26-22(30)28-14-20(23(15-28)7-9-31-10-8-23)21(29)27-19-6-2-5-18(25)12-19/h1-6,11-12,20H,7-10,13-15H2,(H,26,30)(H,27,29). The molecule has 0 saturated carbocycles. The van der Waals surface area contributed by atoms with Crippen LogP contribution < -0.4 is 10.6 Å². The Hall–Kier alpha value is -3.00. The predicted octanol–water partition coefficient (Wildman–Crippen LogP) is 3.54. The number of urea groups is 1. The number of anilines is 1. The van der Waals surface area contributed by atoms with E-state index < -0.39 is 11.7 Å². The van der Waals surface area contributed by atoms with Crippen LogP contribution in [0.1, 0.15) is 18.4 Å². The van der Waals surface area contributed by atoms with Gasteiger partial charge in [-0.15, -0.1) is 0 Å². The van der Waals surface area contributed by atoms with E-state index in [-0.39, 0.29) is 36.3 Å². The lowest BCUT2D eigenvalue weighted by Gasteiger charge is -2.37. The third-order valence-corrected chi connectivity index (χ3v) is 6.17. The van der Waals surface area contributed by atoms with Crippen molar-refractivity contribution < 1.29 is 23.1 Å². The highest BCUT2D eigenvalue weighted by molar-refractivity contribution is 5.94. The van der Waals surface area contributed by atoms with Gasteiger partial charge in [-0.05, 0) is 48.7 Å². The normalized spacial score (nSPS) is 19.9. The molecule has 0 radical (unpaired) electrons. The molecule has 1 unspecified atom stereocenters. The first-order chi connectivity index (χ1) is 14.9. The molecule has 2 aliphatic heterocycles. The van der Waals surface area contributed by atoms with Gasteiger partial charge in [0.25, 0.3) is 0 Å². The maximum atomic E-state index is 13.5. The van der Waals surface area contributed by atoms with Crippen molar-refractivity contribution in [1.82, 2.24) is 10.2 Å². The van der Waals surface area contributed by atoms with Gasteiger partial charge in [0.1, 0.15) is 11.6 Å². The summed E-state index contributed by atoms with van der Waals surface area (Å²) in [7, 11) is 0. The Morgan fingerprint density at radius 3 is 2.48 bits per heavy atom. The number of nitrogens with one attached hydrogen (secondary N) is 2. The molecule has 1 atom stereocenters. The minimum atomic E-state index is -0.431. The molecule has 2 heterocycles. The third-order valence-electron chi connectivity index (χ3n) is 6.17. The molecule has 3 amide bonds. The molecule has 2 aliphatic rings. The van der Waals surface area contributed by atoms with Crippen molar-refractivity contribution >= 4 is 17.6 Å². The van der Waals surface area contributed by atoms with Crippen molar-refractivity contribution in [3.63, 3.8) is 0 Å². The fraction of sp³-hybridized carbons (Fsp3) is 0.391. The summed E-state index contributed by atoms with van der Waals surface area (Å²) >= 11 is 0. The van der Waals surface area contributed by atoms with Gasteiger partial charge in [-0.1, -0.05) is 18.2 Å². The molecule has 8 heteroatoms. The fourth-order valence-corrected chi connectivity index (χ4v) is 4.50. The number of carbonyl (C=O) groups is 2. The highest BCUT2D eigenvalue weighted by Crippen LogP contribution is 2.44. The van der Waals surface area contributed by atoms with Crippen LogP contribution >= 0.6 is 0 Å². The molecule has 2 saturated heterocycles. The van der Waals surface area contributed by atoms with Crippen molar-refractivity contribution in [2.45, 2.75) is 19.4 Å². The van der Waals surface area contributed by atoms with E-state index in [1.807, 2.05) is 0 Å². The average molecular weight is 429 g/mol. The average Bonchev–Trinajstić information content (AvgIpc) is 3.11. The van der Waals surface area contributed by atoms with Gasteiger partial charge < -0.3 is 20.3 Å². The second-order valence-electron chi connectivity index (χ2n) is 8.20. The molecule has 2 aromatic rings. The summed E-state index contributed by atoms with van der Waals surface area (Å²) in [6, 6.07) is 11.5. The second-order valence-corrected chi connectivity index (χ2v) is 8.20. The van der Waals surface area contributed by atoms with Gasteiger partial charge in [-0.25, -0.2) is 13.6 Å². The Kier molecular flexibility index (Phi) is 6.18. The van der Waals surface area contributed by atoms with E-state index in [4.69, 9.17) is 4.74 Å². The number of nitrogens with zero attached hydrogens (tertiary/aromatic N) is 1. The Balaban J connectivity index is 1.45. The zero-order chi connectivity index (χ0) is 21.8. The Morgan fingerprint density at radius 2 is 1.77 bits per heavy atom. The van der Waals surface area contributed by atoms with Crippen LogP contribution in [0, 0.1) is 23.0 Å². The summed E-state index contributed by atoms with van der Waals surface area (Å²) in [4.78, 5) is 27.6. The van der Waals surface area contributed by atoms with Crippen molar-refractivity contribution in [2.75, 3.05) is 31.6 Å². The zero-order valence-electron chi connectivity index (χ0n) is 17.1. The maximum Gasteiger partial charge on any atom is 0.317 e. The van der Waals surface area contributed by atoms with Gasteiger partial charge in [0.2, 0.25) is 5.91 Å². The van der Waals surface area contributed by atoms with E-state index in [1.165, 1.54) is 30.3 Å². The number of carbonyl (C=O) groups excluding carboxylic acids is 2. The summed E-state index contributed by atoms with van der Waals surface area (Å²) in [5, 5.41) is 5.61. The van der Waals surface area contributed by atoms with Crippen LogP contribution in [0.15, 0.2) is 48.5 Å². The number of halogens is 2. The number of amides is 3. The van der Waals surface area contributed by atoms with E-state index in [0.717, 1.165) is 0 Å². The van der Waals surface area contributed by atoms with E-state index in [1.54, 1.807) is 23.1 Å². The van der Waals surface area contributed by atoms with E-state index in [9.17, 15) is 18.4 Å². The summed E-state index contributed by atoms with van der Waals surface area (Å²) in [6.07, 6.45) is 1.34. The van der Waals surface area contributed by atoms with Crippen molar-refractivity contribution in [1.29, 1.82) is 0 Å². The van der Waals surface area contributed by atoms with Crippen molar-refractivity contribution in [2.24, 2.45) is 11.3 Å². The molecular weight excluding hydrogens is 404 g/mol. The first kappa shape index (κ1) is 21.2. The molecule has 0 aromatic heterocycles. The van der Waals surface area contributed by atoms with E-state index >= 15 is 0 Å². The van der Waals surface area contributed by atoms with Gasteiger partial charge in [0.15, 0.2) is 0 Å². The highest BCUT2D eigenvalue weighted by atomic mass is 19.1. The zero-order valence-corrected chi connectivity index (χ0v) is 17.1. The van der Waals surface area contributed by atoms with Crippen molar-refractivity contribution in [3.8, 4) is 0 Å². The lowest BCUT2D eigenvalue weighted by atomic mass is 9.71. The Labute approximate surface area is 179 Å². The predicted molar refractivity (Wildman–Crippen MR) is 111 cm³/mol. The van der Waals surface area contributed by atoms with Crippen LogP contribution in [0.5, 0.6) is 0 Å². The highest BCUT2D eigenvalue weighted by Gasteiger charge is 2.51. The molecule has 164 valence electrons. The number of hydrogen-bond acceptors (Lipinski definition) is 3. The second kappa shape index (κ2) is 9.01. The largest absolute Gasteiger partial charge is 0.381 e. The van der Waals surface area contributed by atoms with Crippen LogP contribution in [0.25, 0.3) is 0 Å². The van der Waals surface area contributed by atoms with Gasteiger partial charge in [-0.3, -0.25) is 4.79 Å². The Bertz CT molecular complexity index is 963. The minimum Gasteiger partial charge on any atom is -0.381 e. The fourth-order valence-electron chi connectivity index (χ4n) is 4.50. The van der Waals surface area contributed by atoms with Gasteiger partial charge in [0.05, 0.1) is 5.92 Å². The molecule has 0 aliphatic carbocycles. The van der Waals surface area contributed by atoms with Crippen LogP contribution in [-0.2, 0) is 16.1 Å². The quantitative estimate of drug-likeness (QED) is 0.781. The molecule has 2 fully saturated rings. The number of likely N-dealkylation sites (tertiary alicyclic amines) is 1. The smallest absolute Gasteiger partial charge is 0.317 e.